The van der Waals surface area contributed by atoms with E-state index in [-0.39, 0.29) is 24.6 Å². The molecule has 0 saturated carbocycles. The lowest BCUT2D eigenvalue weighted by Gasteiger charge is -2.15. The van der Waals surface area contributed by atoms with Gasteiger partial charge in [-0.05, 0) is 32.9 Å². The van der Waals surface area contributed by atoms with Crippen LogP contribution in [-0.2, 0) is 11.3 Å². The van der Waals surface area contributed by atoms with E-state index >= 15 is 0 Å². The lowest BCUT2D eigenvalue weighted by molar-refractivity contribution is -0.124. The Morgan fingerprint density at radius 3 is 2.61 bits per heavy atom. The zero-order chi connectivity index (χ0) is 20.3. The molecular weight excluding hydrogens is 362 g/mol. The second-order valence-corrected chi connectivity index (χ2v) is 6.39. The molecule has 3 rings (SSSR count). The van der Waals surface area contributed by atoms with Crippen LogP contribution in [0.4, 0.5) is 0 Å². The third kappa shape index (κ3) is 4.05. The van der Waals surface area contributed by atoms with Crippen molar-refractivity contribution in [1.29, 1.82) is 0 Å². The van der Waals surface area contributed by atoms with Crippen LogP contribution >= 0.6 is 0 Å². The van der Waals surface area contributed by atoms with Crippen LogP contribution in [0.2, 0.25) is 0 Å². The van der Waals surface area contributed by atoms with E-state index in [0.29, 0.717) is 5.82 Å². The van der Waals surface area contributed by atoms with Crippen LogP contribution in [0.15, 0.2) is 46.4 Å². The molecule has 1 atom stereocenters. The number of aromatic nitrogens is 6. The van der Waals surface area contributed by atoms with Crippen LogP contribution in [-0.4, -0.2) is 41.6 Å². The number of amides is 1. The summed E-state index contributed by atoms with van der Waals surface area (Å²) in [6.45, 7) is 5.84. The molecule has 0 aliphatic heterocycles. The topological polar surface area (TPSA) is 117 Å². The zero-order valence-corrected chi connectivity index (χ0v) is 15.9. The van der Waals surface area contributed by atoms with Crippen molar-refractivity contribution in [2.45, 2.75) is 33.4 Å². The molecule has 1 amide bonds. The number of nitrogens with one attached hydrogen (secondary N) is 1. The van der Waals surface area contributed by atoms with Gasteiger partial charge < -0.3 is 5.32 Å². The molecule has 10 heteroatoms. The van der Waals surface area contributed by atoms with E-state index in [0.717, 1.165) is 16.1 Å². The number of aryl methyl sites for hydroxylation is 2. The smallest absolute Gasteiger partial charge is 0.267 e. The highest BCUT2D eigenvalue weighted by Gasteiger charge is 2.18. The Kier molecular flexibility index (Phi) is 5.48. The second-order valence-electron chi connectivity index (χ2n) is 6.39. The number of nitrogens with zero attached hydrogens (tertiary/aromatic N) is 6. The van der Waals surface area contributed by atoms with Crippen molar-refractivity contribution in [3.63, 3.8) is 0 Å². The quantitative estimate of drug-likeness (QED) is 0.639. The van der Waals surface area contributed by atoms with E-state index in [1.807, 2.05) is 19.9 Å². The fraction of sp³-hybridized carbons (Fsp3) is 0.333. The number of carbonyl (C=O) groups excluding carboxylic acids is 1. The first kappa shape index (κ1) is 19.2. The monoisotopic (exact) mass is 383 g/mol. The molecule has 0 spiro atoms. The number of carbonyl (C=O) groups is 1. The first-order valence-electron chi connectivity index (χ1n) is 8.78. The largest absolute Gasteiger partial charge is 0.352 e. The van der Waals surface area contributed by atoms with Crippen molar-refractivity contribution in [1.82, 2.24) is 34.4 Å². The van der Waals surface area contributed by atoms with E-state index < -0.39 is 11.6 Å². The summed E-state index contributed by atoms with van der Waals surface area (Å²) in [5.41, 5.74) is 1.10. The Labute approximate surface area is 160 Å². The molecule has 3 aromatic heterocycles. The molecule has 28 heavy (non-hydrogen) atoms. The molecule has 1 unspecified atom stereocenters. The summed E-state index contributed by atoms with van der Waals surface area (Å²) in [6.07, 6.45) is 2.81. The van der Waals surface area contributed by atoms with E-state index in [1.54, 1.807) is 17.7 Å². The summed E-state index contributed by atoms with van der Waals surface area (Å²) >= 11 is 0. The van der Waals surface area contributed by atoms with Gasteiger partial charge in [0.25, 0.3) is 11.1 Å². The minimum atomic E-state index is -0.824. The van der Waals surface area contributed by atoms with Crippen LogP contribution in [0, 0.1) is 13.8 Å². The van der Waals surface area contributed by atoms with Crippen LogP contribution in [0.3, 0.4) is 0 Å². The Morgan fingerprint density at radius 2 is 1.93 bits per heavy atom. The summed E-state index contributed by atoms with van der Waals surface area (Å²) < 4.78 is 4.13. The third-order valence-corrected chi connectivity index (χ3v) is 4.23. The Bertz CT molecular complexity index is 1110. The summed E-state index contributed by atoms with van der Waals surface area (Å²) in [5, 5.41) is 11.4. The maximum Gasteiger partial charge on any atom is 0.267 e. The third-order valence-electron chi connectivity index (χ3n) is 4.23. The van der Waals surface area contributed by atoms with Crippen molar-refractivity contribution < 1.29 is 4.79 Å². The summed E-state index contributed by atoms with van der Waals surface area (Å²) in [5.74, 6) is 0.0730. The van der Waals surface area contributed by atoms with Gasteiger partial charge in [0.15, 0.2) is 5.82 Å². The van der Waals surface area contributed by atoms with Gasteiger partial charge in [-0.25, -0.2) is 14.3 Å². The molecule has 0 aromatic carbocycles. The van der Waals surface area contributed by atoms with Crippen molar-refractivity contribution in [3.05, 3.63) is 68.9 Å². The van der Waals surface area contributed by atoms with Gasteiger partial charge in [-0.15, -0.1) is 5.10 Å². The second kappa shape index (κ2) is 7.99. The van der Waals surface area contributed by atoms with Crippen LogP contribution in [0.5, 0.6) is 0 Å². The molecule has 0 fully saturated rings. The lowest BCUT2D eigenvalue weighted by Crippen LogP contribution is -2.39. The fourth-order valence-corrected chi connectivity index (χ4v) is 2.77. The molecule has 3 heterocycles. The molecule has 146 valence electrons. The summed E-state index contributed by atoms with van der Waals surface area (Å²) in [4.78, 5) is 40.2. The Morgan fingerprint density at radius 1 is 1.14 bits per heavy atom. The van der Waals surface area contributed by atoms with Gasteiger partial charge in [0, 0.05) is 37.1 Å². The average Bonchev–Trinajstić information content (AvgIpc) is 3.01. The zero-order valence-electron chi connectivity index (χ0n) is 15.9. The van der Waals surface area contributed by atoms with Crippen molar-refractivity contribution in [2.75, 3.05) is 6.54 Å². The van der Waals surface area contributed by atoms with Crippen LogP contribution in [0.25, 0.3) is 5.82 Å². The van der Waals surface area contributed by atoms with Crippen molar-refractivity contribution >= 4 is 5.91 Å². The standard InChI is InChI=1S/C18H21N7O3/c1-12-10-13(2)24(21-12)15-4-5-17(27)25(22-15)14(3)18(28)20-8-9-23-11-19-7-6-16(23)26/h4-7,10-11,14H,8-9H2,1-3H3,(H,20,28). The Balaban J connectivity index is 1.73. The number of hydrogen-bond donors (Lipinski definition) is 1. The molecule has 0 bridgehead atoms. The molecule has 0 radical (unpaired) electrons. The average molecular weight is 383 g/mol. The highest BCUT2D eigenvalue weighted by Crippen LogP contribution is 2.09. The summed E-state index contributed by atoms with van der Waals surface area (Å²) in [7, 11) is 0. The van der Waals surface area contributed by atoms with E-state index in [9.17, 15) is 14.4 Å². The molecule has 0 saturated heterocycles. The maximum atomic E-state index is 12.5. The Hall–Kier alpha value is -3.56. The molecule has 0 aliphatic rings. The minimum Gasteiger partial charge on any atom is -0.352 e. The predicted octanol–water partition coefficient (Wildman–Crippen LogP) is -0.0201. The highest BCUT2D eigenvalue weighted by molar-refractivity contribution is 5.79. The van der Waals surface area contributed by atoms with Crippen molar-refractivity contribution in [3.8, 4) is 5.82 Å². The van der Waals surface area contributed by atoms with Crippen molar-refractivity contribution in [2.24, 2.45) is 0 Å². The number of rotatable bonds is 6. The lowest BCUT2D eigenvalue weighted by atomic mass is 10.3. The molecule has 3 aromatic rings. The molecule has 10 nitrogen and oxygen atoms in total. The maximum absolute atomic E-state index is 12.5. The van der Waals surface area contributed by atoms with Gasteiger partial charge in [-0.1, -0.05) is 0 Å². The fourth-order valence-electron chi connectivity index (χ4n) is 2.77. The van der Waals surface area contributed by atoms with E-state index in [1.165, 1.54) is 29.2 Å². The number of hydrogen-bond acceptors (Lipinski definition) is 6. The SMILES string of the molecule is Cc1cc(C)n(-c2ccc(=O)n(C(C)C(=O)NCCn3cnccc3=O)n2)n1. The van der Waals surface area contributed by atoms with Gasteiger partial charge in [-0.3, -0.25) is 19.0 Å². The van der Waals surface area contributed by atoms with Gasteiger partial charge in [0.2, 0.25) is 5.91 Å². The first-order chi connectivity index (χ1) is 13.4. The molecule has 0 aliphatic carbocycles. The van der Waals surface area contributed by atoms with E-state index in [2.05, 4.69) is 20.5 Å². The molecular formula is C18H21N7O3. The molecule has 1 N–H and O–H groups in total. The van der Waals surface area contributed by atoms with Crippen LogP contribution < -0.4 is 16.4 Å². The highest BCUT2D eigenvalue weighted by atomic mass is 16.2. The normalized spacial score (nSPS) is 12.0. The summed E-state index contributed by atoms with van der Waals surface area (Å²) in [6, 6.07) is 5.34. The van der Waals surface area contributed by atoms with Gasteiger partial charge in [0.1, 0.15) is 6.04 Å². The predicted molar refractivity (Wildman–Crippen MR) is 101 cm³/mol. The van der Waals surface area contributed by atoms with Gasteiger partial charge in [-0.2, -0.15) is 5.10 Å². The van der Waals surface area contributed by atoms with Gasteiger partial charge >= 0.3 is 0 Å². The first-order valence-corrected chi connectivity index (χ1v) is 8.78. The van der Waals surface area contributed by atoms with Gasteiger partial charge in [0.05, 0.1) is 12.0 Å². The van der Waals surface area contributed by atoms with Crippen LogP contribution in [0.1, 0.15) is 24.4 Å². The minimum absolute atomic E-state index is 0.201. The van der Waals surface area contributed by atoms with E-state index in [4.69, 9.17) is 0 Å².